The maximum atomic E-state index is 13.1. The average molecular weight is 938 g/mol. The first-order valence-electron chi connectivity index (χ1n) is 27.4. The highest BCUT2D eigenvalue weighted by molar-refractivity contribution is 5.80. The van der Waals surface area contributed by atoms with Crippen LogP contribution in [0, 0.1) is 0 Å². The molecule has 11 nitrogen and oxygen atoms in total. The van der Waals surface area contributed by atoms with Crippen LogP contribution in [-0.2, 0) is 14.3 Å². The number of amides is 1. The zero-order chi connectivity index (χ0) is 48.3. The Hall–Kier alpha value is -1.67. The van der Waals surface area contributed by atoms with Crippen LogP contribution in [0.25, 0.3) is 0 Å². The van der Waals surface area contributed by atoms with E-state index in [1.165, 1.54) is 154 Å². The van der Waals surface area contributed by atoms with Crippen LogP contribution in [0.1, 0.15) is 239 Å². The summed E-state index contributed by atoms with van der Waals surface area (Å²) >= 11 is 0. The van der Waals surface area contributed by atoms with Gasteiger partial charge in [0.2, 0.25) is 5.91 Å². The van der Waals surface area contributed by atoms with E-state index in [-0.39, 0.29) is 12.8 Å². The summed E-state index contributed by atoms with van der Waals surface area (Å²) in [4.78, 5) is 13.1. The highest BCUT2D eigenvalue weighted by Gasteiger charge is 2.44. The Morgan fingerprint density at radius 2 is 0.909 bits per heavy atom. The van der Waals surface area contributed by atoms with Crippen molar-refractivity contribution in [2.75, 3.05) is 13.2 Å². The first-order chi connectivity index (χ1) is 32.2. The van der Waals surface area contributed by atoms with E-state index in [1.807, 2.05) is 0 Å². The molecule has 11 heteroatoms. The molecule has 1 amide bonds. The van der Waals surface area contributed by atoms with Gasteiger partial charge in [0, 0.05) is 0 Å². The largest absolute Gasteiger partial charge is 0.394 e. The second-order valence-corrected chi connectivity index (χ2v) is 19.3. The summed E-state index contributed by atoms with van der Waals surface area (Å²) in [7, 11) is 0. The summed E-state index contributed by atoms with van der Waals surface area (Å²) in [5.41, 5.74) is 0. The predicted molar refractivity (Wildman–Crippen MR) is 270 cm³/mol. The minimum Gasteiger partial charge on any atom is -0.394 e. The van der Waals surface area contributed by atoms with Gasteiger partial charge >= 0.3 is 0 Å². The lowest BCUT2D eigenvalue weighted by atomic mass is 9.98. The second kappa shape index (κ2) is 44.5. The van der Waals surface area contributed by atoms with Gasteiger partial charge in [-0.1, -0.05) is 198 Å². The number of hydrogen-bond acceptors (Lipinski definition) is 10. The molecular weight excluding hydrogens is 835 g/mol. The number of nitrogens with one attached hydrogen (secondary N) is 1. The quantitative estimate of drug-likeness (QED) is 0.0215. The predicted octanol–water partition coefficient (Wildman–Crippen LogP) is 10.7. The molecule has 0 aromatic heterocycles. The van der Waals surface area contributed by atoms with Crippen molar-refractivity contribution < 1.29 is 50.0 Å². The maximum absolute atomic E-state index is 13.1. The highest BCUT2D eigenvalue weighted by Crippen LogP contribution is 2.23. The van der Waals surface area contributed by atoms with Crippen LogP contribution in [0.3, 0.4) is 0 Å². The first kappa shape index (κ1) is 62.3. The van der Waals surface area contributed by atoms with Gasteiger partial charge in [-0.3, -0.25) is 4.79 Å². The van der Waals surface area contributed by atoms with Gasteiger partial charge in [-0.15, -0.1) is 0 Å². The number of allylic oxidation sites excluding steroid dienone is 6. The second-order valence-electron chi connectivity index (χ2n) is 19.3. The van der Waals surface area contributed by atoms with Gasteiger partial charge in [-0.25, -0.2) is 0 Å². The summed E-state index contributed by atoms with van der Waals surface area (Å²) in [6.07, 6.45) is 42.0. The van der Waals surface area contributed by atoms with Crippen molar-refractivity contribution in [3.8, 4) is 0 Å². The zero-order valence-electron chi connectivity index (χ0n) is 42.2. The van der Waals surface area contributed by atoms with Crippen LogP contribution in [0.2, 0.25) is 0 Å². The summed E-state index contributed by atoms with van der Waals surface area (Å²) in [6.45, 7) is 3.42. The van der Waals surface area contributed by atoms with Crippen LogP contribution in [0.15, 0.2) is 36.5 Å². The standard InChI is InChI=1S/C55H103NO10/c1-3-5-7-9-11-13-15-17-19-20-21-22-23-24-25-26-27-28-29-31-33-35-37-39-41-43-48(59)54(64)56-46(45-65-55-53(63)52(62)51(61)49(44-57)66-55)50(60)47(58)42-40-38-36-34-32-30-18-16-14-12-10-8-6-4-2/h16,18,24-25,34,36,46-53,55,57-63H,3-15,17,19-23,26-33,35,37-45H2,1-2H3,(H,56,64)/b18-16+,25-24-,36-34+. The molecule has 1 rings (SSSR count). The van der Waals surface area contributed by atoms with E-state index in [0.29, 0.717) is 19.3 Å². The molecule has 0 aromatic carbocycles. The van der Waals surface area contributed by atoms with Crippen LogP contribution in [-0.4, -0.2) is 110 Å². The van der Waals surface area contributed by atoms with E-state index in [4.69, 9.17) is 9.47 Å². The van der Waals surface area contributed by atoms with Gasteiger partial charge in [0.1, 0.15) is 36.6 Å². The molecule has 0 saturated carbocycles. The lowest BCUT2D eigenvalue weighted by molar-refractivity contribution is -0.303. The van der Waals surface area contributed by atoms with E-state index in [1.54, 1.807) is 0 Å². The molecule has 1 heterocycles. The number of ether oxygens (including phenoxy) is 2. The van der Waals surface area contributed by atoms with E-state index in [2.05, 4.69) is 55.6 Å². The third-order valence-electron chi connectivity index (χ3n) is 13.1. The minimum absolute atomic E-state index is 0.245. The Balaban J connectivity index is 2.33. The zero-order valence-corrected chi connectivity index (χ0v) is 42.2. The SMILES string of the molecule is CCCCCCC/C=C/CC/C=C/CCCC(O)C(O)C(COC1OC(CO)C(O)C(O)C1O)NC(=O)C(O)CCCCCCCCCCC/C=C\CCCCCCCCCCCCCC. The molecule has 0 aliphatic carbocycles. The molecule has 1 aliphatic rings. The molecular formula is C55H103NO10. The van der Waals surface area contributed by atoms with Crippen molar-refractivity contribution in [3.63, 3.8) is 0 Å². The third kappa shape index (κ3) is 33.0. The molecule has 0 bridgehead atoms. The van der Waals surface area contributed by atoms with Crippen LogP contribution in [0.4, 0.5) is 0 Å². The van der Waals surface area contributed by atoms with E-state index < -0.39 is 74.2 Å². The Kier molecular flexibility index (Phi) is 42.1. The molecule has 388 valence electrons. The maximum Gasteiger partial charge on any atom is 0.249 e. The van der Waals surface area contributed by atoms with Crippen molar-refractivity contribution in [1.82, 2.24) is 5.32 Å². The highest BCUT2D eigenvalue weighted by atomic mass is 16.7. The Bertz CT molecular complexity index is 1170. The van der Waals surface area contributed by atoms with Crippen molar-refractivity contribution >= 4 is 5.91 Å². The molecule has 9 atom stereocenters. The summed E-state index contributed by atoms with van der Waals surface area (Å²) < 4.78 is 11.1. The van der Waals surface area contributed by atoms with E-state index >= 15 is 0 Å². The number of hydrogen-bond donors (Lipinski definition) is 8. The number of carbonyl (C=O) groups excluding carboxylic acids is 1. The molecule has 0 aromatic rings. The molecule has 9 unspecified atom stereocenters. The topological polar surface area (TPSA) is 189 Å². The van der Waals surface area contributed by atoms with Gasteiger partial charge in [-0.05, 0) is 77.0 Å². The molecule has 1 saturated heterocycles. The van der Waals surface area contributed by atoms with Gasteiger partial charge in [-0.2, -0.15) is 0 Å². The lowest BCUT2D eigenvalue weighted by Gasteiger charge is -2.40. The molecule has 8 N–H and O–H groups in total. The number of carbonyl (C=O) groups is 1. The van der Waals surface area contributed by atoms with Crippen molar-refractivity contribution in [3.05, 3.63) is 36.5 Å². The lowest BCUT2D eigenvalue weighted by Crippen LogP contribution is -2.60. The van der Waals surface area contributed by atoms with Crippen molar-refractivity contribution in [2.24, 2.45) is 0 Å². The van der Waals surface area contributed by atoms with Crippen LogP contribution in [0.5, 0.6) is 0 Å². The normalized spacial score (nSPS) is 21.0. The molecule has 1 aliphatic heterocycles. The summed E-state index contributed by atoms with van der Waals surface area (Å²) in [5.74, 6) is -0.712. The van der Waals surface area contributed by atoms with E-state index in [0.717, 1.165) is 38.5 Å². The van der Waals surface area contributed by atoms with Crippen molar-refractivity contribution in [2.45, 2.75) is 294 Å². The van der Waals surface area contributed by atoms with Gasteiger partial charge in [0.15, 0.2) is 6.29 Å². The average Bonchev–Trinajstić information content (AvgIpc) is 3.32. The smallest absolute Gasteiger partial charge is 0.249 e. The first-order valence-corrected chi connectivity index (χ1v) is 27.4. The third-order valence-corrected chi connectivity index (χ3v) is 13.1. The Morgan fingerprint density at radius 3 is 1.35 bits per heavy atom. The fourth-order valence-electron chi connectivity index (χ4n) is 8.63. The number of unbranched alkanes of at least 4 members (excludes halogenated alkanes) is 28. The fourth-order valence-corrected chi connectivity index (χ4v) is 8.63. The number of rotatable bonds is 46. The van der Waals surface area contributed by atoms with Crippen LogP contribution >= 0.6 is 0 Å². The van der Waals surface area contributed by atoms with Crippen molar-refractivity contribution in [1.29, 1.82) is 0 Å². The van der Waals surface area contributed by atoms with E-state index in [9.17, 15) is 40.5 Å². The molecule has 66 heavy (non-hydrogen) atoms. The minimum atomic E-state index is -1.67. The van der Waals surface area contributed by atoms with Gasteiger partial charge in [0.25, 0.3) is 0 Å². The van der Waals surface area contributed by atoms with Crippen LogP contribution < -0.4 is 5.32 Å². The summed E-state index contributed by atoms with van der Waals surface area (Å²) in [5, 5.41) is 75.9. The fraction of sp³-hybridized carbons (Fsp3) is 0.873. The summed E-state index contributed by atoms with van der Waals surface area (Å²) in [6, 6.07) is -1.19. The number of aliphatic hydroxyl groups is 7. The monoisotopic (exact) mass is 938 g/mol. The molecule has 0 spiro atoms. The van der Waals surface area contributed by atoms with Gasteiger partial charge in [0.05, 0.1) is 25.4 Å². The molecule has 0 radical (unpaired) electrons. The Morgan fingerprint density at radius 1 is 0.515 bits per heavy atom. The number of aliphatic hydroxyl groups excluding tert-OH is 7. The Labute approximate surface area is 403 Å². The van der Waals surface area contributed by atoms with Gasteiger partial charge < -0.3 is 50.5 Å². The molecule has 1 fully saturated rings.